The second-order valence-corrected chi connectivity index (χ2v) is 21.6. The highest BCUT2D eigenvalue weighted by atomic mass is 16.6. The van der Waals surface area contributed by atoms with Gasteiger partial charge in [0.2, 0.25) is 0 Å². The Bertz CT molecular complexity index is 1700. The maximum absolute atomic E-state index is 12.9. The van der Waals surface area contributed by atoms with Crippen LogP contribution < -0.4 is 0 Å². The third kappa shape index (κ3) is 64.4. The van der Waals surface area contributed by atoms with E-state index >= 15 is 0 Å². The van der Waals surface area contributed by atoms with Crippen LogP contribution in [0.15, 0.2) is 134 Å². The molecule has 0 saturated heterocycles. The van der Waals surface area contributed by atoms with Crippen molar-refractivity contribution in [3.05, 3.63) is 134 Å². The van der Waals surface area contributed by atoms with Gasteiger partial charge in [0.15, 0.2) is 6.10 Å². The third-order valence-electron chi connectivity index (χ3n) is 13.9. The quantitative estimate of drug-likeness (QED) is 0.0261. The fraction of sp³-hybridized carbons (Fsp3) is 0.662. The maximum atomic E-state index is 12.9. The molecule has 80 heavy (non-hydrogen) atoms. The highest BCUT2D eigenvalue weighted by Crippen LogP contribution is 2.16. The highest BCUT2D eigenvalue weighted by Gasteiger charge is 2.19. The molecular weight excluding hydrogens is 985 g/mol. The van der Waals surface area contributed by atoms with Gasteiger partial charge in [-0.25, -0.2) is 0 Å². The van der Waals surface area contributed by atoms with Crippen molar-refractivity contribution in [2.24, 2.45) is 0 Å². The van der Waals surface area contributed by atoms with Crippen LogP contribution in [0.5, 0.6) is 0 Å². The van der Waals surface area contributed by atoms with Crippen molar-refractivity contribution >= 4 is 17.9 Å². The van der Waals surface area contributed by atoms with Gasteiger partial charge in [0.25, 0.3) is 0 Å². The molecule has 0 aliphatic carbocycles. The number of hydrogen-bond acceptors (Lipinski definition) is 6. The van der Waals surface area contributed by atoms with Crippen LogP contribution in [0.4, 0.5) is 0 Å². The summed E-state index contributed by atoms with van der Waals surface area (Å²) in [5.41, 5.74) is 0. The van der Waals surface area contributed by atoms with E-state index < -0.39 is 6.10 Å². The molecule has 0 saturated carbocycles. The summed E-state index contributed by atoms with van der Waals surface area (Å²) in [6, 6.07) is 0. The summed E-state index contributed by atoms with van der Waals surface area (Å²) < 4.78 is 16.9. The van der Waals surface area contributed by atoms with E-state index in [0.29, 0.717) is 12.8 Å². The Morgan fingerprint density at radius 1 is 0.263 bits per heavy atom. The third-order valence-corrected chi connectivity index (χ3v) is 13.9. The number of carbonyl (C=O) groups is 3. The molecule has 0 N–H and O–H groups in total. The smallest absolute Gasteiger partial charge is 0.306 e. The van der Waals surface area contributed by atoms with E-state index in [1.54, 1.807) is 0 Å². The number of carbonyl (C=O) groups excluding carboxylic acids is 3. The zero-order valence-corrected chi connectivity index (χ0v) is 52.0. The average Bonchev–Trinajstić information content (AvgIpc) is 3.46. The summed E-state index contributed by atoms with van der Waals surface area (Å²) in [5, 5.41) is 0. The van der Waals surface area contributed by atoms with E-state index in [1.807, 2.05) is 0 Å². The minimum absolute atomic E-state index is 0.0988. The molecule has 6 nitrogen and oxygen atoms in total. The van der Waals surface area contributed by atoms with Crippen LogP contribution in [0.25, 0.3) is 0 Å². The molecule has 0 heterocycles. The predicted molar refractivity (Wildman–Crippen MR) is 348 cm³/mol. The van der Waals surface area contributed by atoms with Gasteiger partial charge in [-0.05, 0) is 135 Å². The second kappa shape index (κ2) is 67.1. The molecule has 0 aromatic carbocycles. The summed E-state index contributed by atoms with van der Waals surface area (Å²) in [4.78, 5) is 38.4. The van der Waals surface area contributed by atoms with Crippen molar-refractivity contribution in [3.63, 3.8) is 0 Å². The topological polar surface area (TPSA) is 78.9 Å². The van der Waals surface area contributed by atoms with E-state index in [9.17, 15) is 14.4 Å². The number of esters is 3. The first kappa shape index (κ1) is 75.5. The molecule has 0 spiro atoms. The molecule has 0 aromatic heterocycles. The average molecular weight is 1110 g/mol. The molecule has 0 fully saturated rings. The van der Waals surface area contributed by atoms with Crippen molar-refractivity contribution in [3.8, 4) is 0 Å². The van der Waals surface area contributed by atoms with Crippen LogP contribution >= 0.6 is 0 Å². The summed E-state index contributed by atoms with van der Waals surface area (Å²) >= 11 is 0. The van der Waals surface area contributed by atoms with Crippen LogP contribution in [-0.4, -0.2) is 37.2 Å². The van der Waals surface area contributed by atoms with Gasteiger partial charge in [0, 0.05) is 19.3 Å². The van der Waals surface area contributed by atoms with Gasteiger partial charge in [-0.2, -0.15) is 0 Å². The lowest BCUT2D eigenvalue weighted by Gasteiger charge is -2.18. The fourth-order valence-electron chi connectivity index (χ4n) is 8.96. The van der Waals surface area contributed by atoms with Crippen molar-refractivity contribution in [2.75, 3.05) is 13.2 Å². The Labute approximate surface area is 494 Å². The lowest BCUT2D eigenvalue weighted by molar-refractivity contribution is -0.167. The van der Waals surface area contributed by atoms with E-state index in [4.69, 9.17) is 14.2 Å². The molecule has 0 amide bonds. The Kier molecular flexibility index (Phi) is 63.3. The Morgan fingerprint density at radius 3 is 0.775 bits per heavy atom. The summed E-state index contributed by atoms with van der Waals surface area (Å²) in [5.74, 6) is -0.941. The number of allylic oxidation sites excluding steroid dienone is 22. The summed E-state index contributed by atoms with van der Waals surface area (Å²) in [6.45, 7) is 6.37. The molecule has 0 aromatic rings. The SMILES string of the molecule is CC/C=C\C/C=C\C/C=C\C/C=C\C/C=C\CCCCCC(=O)OC(COC(=O)CCCCCCC/C=C\C/C=C\CCCCCC)COC(=O)CCCCCCCCCCCCCCCC/C=C\C/C=C\C/C=C\C/C=C\CC. The van der Waals surface area contributed by atoms with Crippen molar-refractivity contribution in [1.29, 1.82) is 0 Å². The summed E-state index contributed by atoms with van der Waals surface area (Å²) in [6.07, 6.45) is 94.6. The van der Waals surface area contributed by atoms with E-state index in [0.717, 1.165) is 148 Å². The lowest BCUT2D eigenvalue weighted by atomic mass is 10.0. The number of unbranched alkanes of at least 4 members (excludes halogenated alkanes) is 26. The minimum Gasteiger partial charge on any atom is -0.462 e. The van der Waals surface area contributed by atoms with Crippen molar-refractivity contribution in [2.45, 2.75) is 303 Å². The van der Waals surface area contributed by atoms with Crippen LogP contribution in [-0.2, 0) is 28.6 Å². The monoisotopic (exact) mass is 1110 g/mol. The number of ether oxygens (including phenoxy) is 3. The number of rotatable bonds is 59. The van der Waals surface area contributed by atoms with Crippen molar-refractivity contribution < 1.29 is 28.6 Å². The molecule has 0 aliphatic rings. The number of hydrogen-bond donors (Lipinski definition) is 0. The first-order valence-electron chi connectivity index (χ1n) is 33.2. The van der Waals surface area contributed by atoms with Gasteiger partial charge in [-0.15, -0.1) is 0 Å². The largest absolute Gasteiger partial charge is 0.462 e. The Morgan fingerprint density at radius 2 is 0.487 bits per heavy atom. The molecule has 0 bridgehead atoms. The second-order valence-electron chi connectivity index (χ2n) is 21.6. The maximum Gasteiger partial charge on any atom is 0.306 e. The van der Waals surface area contributed by atoms with Gasteiger partial charge in [0.05, 0.1) is 0 Å². The van der Waals surface area contributed by atoms with Crippen LogP contribution in [0.2, 0.25) is 0 Å². The van der Waals surface area contributed by atoms with Gasteiger partial charge < -0.3 is 14.2 Å². The van der Waals surface area contributed by atoms with Crippen molar-refractivity contribution in [1.82, 2.24) is 0 Å². The Hall–Kier alpha value is -4.45. The molecule has 0 rings (SSSR count). The molecular formula is C74H122O6. The van der Waals surface area contributed by atoms with Crippen LogP contribution in [0, 0.1) is 0 Å². The van der Waals surface area contributed by atoms with Gasteiger partial charge in [0.1, 0.15) is 13.2 Å². The molecule has 1 atom stereocenters. The zero-order chi connectivity index (χ0) is 57.8. The molecule has 0 radical (unpaired) electrons. The van der Waals surface area contributed by atoms with E-state index in [1.165, 1.54) is 109 Å². The van der Waals surface area contributed by atoms with Gasteiger partial charge in [-0.3, -0.25) is 14.4 Å². The summed E-state index contributed by atoms with van der Waals surface area (Å²) in [7, 11) is 0. The highest BCUT2D eigenvalue weighted by molar-refractivity contribution is 5.71. The molecule has 6 heteroatoms. The van der Waals surface area contributed by atoms with Gasteiger partial charge >= 0.3 is 17.9 Å². The minimum atomic E-state index is -0.807. The first-order valence-corrected chi connectivity index (χ1v) is 33.2. The molecule has 454 valence electrons. The van der Waals surface area contributed by atoms with Crippen LogP contribution in [0.3, 0.4) is 0 Å². The molecule has 0 aliphatic heterocycles. The zero-order valence-electron chi connectivity index (χ0n) is 52.0. The fourth-order valence-corrected chi connectivity index (χ4v) is 8.96. The molecule has 1 unspecified atom stereocenters. The first-order chi connectivity index (χ1) is 39.5. The van der Waals surface area contributed by atoms with Crippen LogP contribution in [0.1, 0.15) is 297 Å². The Balaban J connectivity index is 4.39. The van der Waals surface area contributed by atoms with E-state index in [2.05, 4.69) is 154 Å². The van der Waals surface area contributed by atoms with Gasteiger partial charge in [-0.1, -0.05) is 276 Å². The predicted octanol–water partition coefficient (Wildman–Crippen LogP) is 22.9. The normalized spacial score (nSPS) is 13.0. The lowest BCUT2D eigenvalue weighted by Crippen LogP contribution is -2.30. The standard InChI is InChI=1S/C74H122O6/c1-4-7-10-13-16-19-22-25-28-31-33-34-35-36-37-38-39-40-42-43-46-49-52-55-58-61-64-67-73(76)79-70-71(69-78-72(75)66-63-60-57-54-51-48-45-30-27-24-21-18-15-12-9-6-3)80-74(77)68-65-62-59-56-53-50-47-44-41-32-29-26-23-20-17-14-11-8-5-2/h7-8,10-11,16-17,19-21,24-26,28-30,33-34,41,44-45,50,53,71H,4-6,9,12-15,18,22-23,27,31-32,35-40,42-43,46-49,51-52,54-70H2,1-3H3/b10-7-,11-8-,19-16-,20-17-,24-21-,28-25-,29-26-,34-33-,44-41-,45-30-,53-50-. The van der Waals surface area contributed by atoms with E-state index in [-0.39, 0.29) is 37.5 Å².